The Morgan fingerprint density at radius 3 is 2.41 bits per heavy atom. The number of hydrogen-bond donors (Lipinski definition) is 1. The van der Waals surface area contributed by atoms with Crippen LogP contribution in [0.25, 0.3) is 22.4 Å². The van der Waals surface area contributed by atoms with Gasteiger partial charge < -0.3 is 14.6 Å². The van der Waals surface area contributed by atoms with Gasteiger partial charge in [-0.25, -0.2) is 9.78 Å². The Morgan fingerprint density at radius 2 is 1.71 bits per heavy atom. The minimum Gasteiger partial charge on any atom is -0.449 e. The molecule has 0 saturated carbocycles. The number of carbonyl (C=O) groups is 3. The molecule has 0 aliphatic heterocycles. The Hall–Kier alpha value is -4.33. The number of Topliss-reactive ketones (excluding diaryl/α,β-unsaturated/α-hetero) is 1. The highest BCUT2D eigenvalue weighted by Crippen LogP contribution is 2.28. The summed E-state index contributed by atoms with van der Waals surface area (Å²) in [6.45, 7) is 6.55. The molecule has 0 aliphatic rings. The third-order valence-electron chi connectivity index (χ3n) is 5.40. The number of ether oxygens (including phenoxy) is 1. The molecule has 0 bridgehead atoms. The summed E-state index contributed by atoms with van der Waals surface area (Å²) in [4.78, 5) is 42.2. The Balaban J connectivity index is 1.61. The molecule has 2 heterocycles. The van der Waals surface area contributed by atoms with E-state index >= 15 is 0 Å². The number of pyridine rings is 1. The van der Waals surface area contributed by atoms with Crippen molar-refractivity contribution in [3.8, 4) is 11.3 Å². The van der Waals surface area contributed by atoms with E-state index in [1.165, 1.54) is 13.8 Å². The number of fused-ring (bicyclic) bond motifs is 1. The first-order valence-corrected chi connectivity index (χ1v) is 10.7. The Bertz CT molecular complexity index is 1410. The first kappa shape index (κ1) is 22.8. The molecule has 0 fully saturated rings. The molecule has 2 aromatic carbocycles. The Morgan fingerprint density at radius 1 is 1.00 bits per heavy atom. The second-order valence-electron chi connectivity index (χ2n) is 8.01. The van der Waals surface area contributed by atoms with Gasteiger partial charge in [0.25, 0.3) is 11.6 Å². The predicted molar refractivity (Wildman–Crippen MR) is 127 cm³/mol. The van der Waals surface area contributed by atoms with E-state index in [1.54, 1.807) is 37.3 Å². The van der Waals surface area contributed by atoms with Crippen LogP contribution in [0.3, 0.4) is 0 Å². The molecule has 0 radical (unpaired) electrons. The highest BCUT2D eigenvalue weighted by Gasteiger charge is 2.25. The summed E-state index contributed by atoms with van der Waals surface area (Å²) in [7, 11) is 0. The van der Waals surface area contributed by atoms with Crippen LogP contribution in [0.15, 0.2) is 59.1 Å². The topological polar surface area (TPSA) is 111 Å². The van der Waals surface area contributed by atoms with Crippen molar-refractivity contribution in [1.82, 2.24) is 10.1 Å². The van der Waals surface area contributed by atoms with Crippen molar-refractivity contribution >= 4 is 34.4 Å². The van der Waals surface area contributed by atoms with Crippen LogP contribution >= 0.6 is 0 Å². The minimum atomic E-state index is -1.13. The average molecular weight is 457 g/mol. The average Bonchev–Trinajstić information content (AvgIpc) is 3.19. The number of carbonyl (C=O) groups excluding carboxylic acids is 3. The van der Waals surface area contributed by atoms with Crippen LogP contribution < -0.4 is 5.32 Å². The van der Waals surface area contributed by atoms with Crippen molar-refractivity contribution in [2.75, 3.05) is 5.32 Å². The molecule has 1 atom stereocenters. The van der Waals surface area contributed by atoms with Crippen molar-refractivity contribution in [2.45, 2.75) is 33.8 Å². The monoisotopic (exact) mass is 457 g/mol. The number of aryl methyl sites for hydroxylation is 2. The maximum atomic E-state index is 13.1. The quantitative estimate of drug-likeness (QED) is 0.324. The van der Waals surface area contributed by atoms with Gasteiger partial charge >= 0.3 is 5.97 Å². The SMILES string of the molecule is CC(=O)c1ccccc1NC(=O)C(C)OC(=O)c1cc(-c2ccc(C)cc2)nc2onc(C)c12. The number of nitrogens with zero attached hydrogens (tertiary/aromatic N) is 2. The third kappa shape index (κ3) is 4.56. The lowest BCUT2D eigenvalue weighted by atomic mass is 10.0. The molecule has 4 rings (SSSR count). The smallest absolute Gasteiger partial charge is 0.339 e. The molecule has 1 unspecified atom stereocenters. The van der Waals surface area contributed by atoms with Gasteiger partial charge in [0.1, 0.15) is 0 Å². The molecule has 34 heavy (non-hydrogen) atoms. The van der Waals surface area contributed by atoms with E-state index in [9.17, 15) is 14.4 Å². The third-order valence-corrected chi connectivity index (χ3v) is 5.40. The molecule has 0 spiro atoms. The summed E-state index contributed by atoms with van der Waals surface area (Å²) in [6.07, 6.45) is -1.13. The molecule has 2 aromatic heterocycles. The lowest BCUT2D eigenvalue weighted by Crippen LogP contribution is -2.30. The van der Waals surface area contributed by atoms with Gasteiger partial charge in [-0.15, -0.1) is 0 Å². The van der Waals surface area contributed by atoms with E-state index in [2.05, 4.69) is 15.5 Å². The number of rotatable bonds is 6. The normalized spacial score (nSPS) is 11.8. The van der Waals surface area contributed by atoms with Crippen molar-refractivity contribution < 1.29 is 23.6 Å². The number of amides is 1. The summed E-state index contributed by atoms with van der Waals surface area (Å²) in [5, 5.41) is 7.01. The summed E-state index contributed by atoms with van der Waals surface area (Å²) in [6, 6.07) is 15.9. The number of esters is 1. The largest absolute Gasteiger partial charge is 0.449 e. The number of anilines is 1. The van der Waals surface area contributed by atoms with E-state index < -0.39 is 18.0 Å². The molecule has 1 amide bonds. The fourth-order valence-corrected chi connectivity index (χ4v) is 3.54. The molecule has 0 saturated heterocycles. The minimum absolute atomic E-state index is 0.189. The molecule has 8 heteroatoms. The first-order valence-electron chi connectivity index (χ1n) is 10.7. The van der Waals surface area contributed by atoms with Crippen LogP contribution in [0.1, 0.15) is 45.8 Å². The van der Waals surface area contributed by atoms with Crippen molar-refractivity contribution in [3.63, 3.8) is 0 Å². The fourth-order valence-electron chi connectivity index (χ4n) is 3.54. The van der Waals surface area contributed by atoms with Gasteiger partial charge in [0, 0.05) is 11.1 Å². The number of hydrogen-bond acceptors (Lipinski definition) is 7. The fraction of sp³-hybridized carbons (Fsp3) is 0.192. The van der Waals surface area contributed by atoms with Crippen LogP contribution in [0.2, 0.25) is 0 Å². The summed E-state index contributed by atoms with van der Waals surface area (Å²) < 4.78 is 10.8. The number of aromatic nitrogens is 2. The molecule has 8 nitrogen and oxygen atoms in total. The van der Waals surface area contributed by atoms with Crippen molar-refractivity contribution in [3.05, 3.63) is 77.0 Å². The number of para-hydroxylation sites is 1. The summed E-state index contributed by atoms with van der Waals surface area (Å²) in [5.41, 5.74) is 4.01. The highest BCUT2D eigenvalue weighted by atomic mass is 16.5. The predicted octanol–water partition coefficient (Wildman–Crippen LogP) is 4.89. The lowest BCUT2D eigenvalue weighted by Gasteiger charge is -2.15. The molecule has 4 aromatic rings. The second-order valence-corrected chi connectivity index (χ2v) is 8.01. The molecular formula is C26H23N3O5. The number of nitrogens with one attached hydrogen (secondary N) is 1. The van der Waals surface area contributed by atoms with E-state index in [0.717, 1.165) is 11.1 Å². The van der Waals surface area contributed by atoms with Gasteiger partial charge in [-0.2, -0.15) is 0 Å². The maximum Gasteiger partial charge on any atom is 0.339 e. The first-order chi connectivity index (χ1) is 16.2. The Kier molecular flexibility index (Phi) is 6.23. The van der Waals surface area contributed by atoms with Gasteiger partial charge in [-0.05, 0) is 45.9 Å². The van der Waals surface area contributed by atoms with Gasteiger partial charge in [0.15, 0.2) is 11.9 Å². The summed E-state index contributed by atoms with van der Waals surface area (Å²) >= 11 is 0. The van der Waals surface area contributed by atoms with Gasteiger partial charge in [0.05, 0.1) is 28.0 Å². The van der Waals surface area contributed by atoms with Crippen molar-refractivity contribution in [2.24, 2.45) is 0 Å². The highest BCUT2D eigenvalue weighted by molar-refractivity contribution is 6.07. The van der Waals surface area contributed by atoms with Gasteiger partial charge in [-0.1, -0.05) is 47.1 Å². The van der Waals surface area contributed by atoms with E-state index in [1.807, 2.05) is 31.2 Å². The molecule has 1 N–H and O–H groups in total. The standard InChI is InChI=1S/C26H23N3O5/c1-14-9-11-18(12-10-14)22-13-20(23-15(2)29-34-25(23)28-22)26(32)33-17(4)24(31)27-21-8-6-5-7-19(21)16(3)30/h5-13,17H,1-4H3,(H,27,31). The van der Waals surface area contributed by atoms with Crippen LogP contribution in [-0.4, -0.2) is 33.9 Å². The zero-order valence-corrected chi connectivity index (χ0v) is 19.2. The number of benzene rings is 2. The zero-order valence-electron chi connectivity index (χ0n) is 19.2. The van der Waals surface area contributed by atoms with Crippen LogP contribution in [0.5, 0.6) is 0 Å². The molecule has 0 aliphatic carbocycles. The van der Waals surface area contributed by atoms with E-state index in [4.69, 9.17) is 9.26 Å². The Labute approximate surface area is 195 Å². The van der Waals surface area contributed by atoms with Crippen LogP contribution in [0, 0.1) is 13.8 Å². The molecule has 172 valence electrons. The van der Waals surface area contributed by atoms with Crippen LogP contribution in [-0.2, 0) is 9.53 Å². The molecular weight excluding hydrogens is 434 g/mol. The summed E-state index contributed by atoms with van der Waals surface area (Å²) in [5.74, 6) is -1.46. The van der Waals surface area contributed by atoms with Gasteiger partial charge in [0.2, 0.25) is 0 Å². The van der Waals surface area contributed by atoms with E-state index in [-0.39, 0.29) is 17.1 Å². The second kappa shape index (κ2) is 9.27. The van der Waals surface area contributed by atoms with Gasteiger partial charge in [-0.3, -0.25) is 9.59 Å². The van der Waals surface area contributed by atoms with Crippen molar-refractivity contribution in [1.29, 1.82) is 0 Å². The number of ketones is 1. The zero-order chi connectivity index (χ0) is 24.4. The lowest BCUT2D eigenvalue weighted by molar-refractivity contribution is -0.123. The maximum absolute atomic E-state index is 13.1. The van der Waals surface area contributed by atoms with Crippen LogP contribution in [0.4, 0.5) is 5.69 Å². The van der Waals surface area contributed by atoms with E-state index in [0.29, 0.717) is 28.0 Å².